The zero-order chi connectivity index (χ0) is 9.84. The number of carbonyl (C=O) groups excluding carboxylic acids is 1. The van der Waals surface area contributed by atoms with Crippen molar-refractivity contribution in [3.8, 4) is 0 Å². The summed E-state index contributed by atoms with van der Waals surface area (Å²) in [7, 11) is 1.65. The van der Waals surface area contributed by atoms with Crippen LogP contribution < -0.4 is 5.73 Å². The summed E-state index contributed by atoms with van der Waals surface area (Å²) in [6.45, 7) is 3.99. The normalized spacial score (nSPS) is 25.3. The van der Waals surface area contributed by atoms with Crippen molar-refractivity contribution in [3.05, 3.63) is 0 Å². The fourth-order valence-corrected chi connectivity index (χ4v) is 1.72. The number of ether oxygens (including phenoxy) is 1. The maximum absolute atomic E-state index is 11.5. The van der Waals surface area contributed by atoms with Crippen LogP contribution in [-0.4, -0.2) is 43.7 Å². The Morgan fingerprint density at radius 2 is 2.46 bits per heavy atom. The van der Waals surface area contributed by atoms with Gasteiger partial charge in [0.25, 0.3) is 0 Å². The number of nitrogens with two attached hydrogens (primary N) is 1. The molecule has 1 fully saturated rings. The molecule has 0 saturated carbocycles. The lowest BCUT2D eigenvalue weighted by Gasteiger charge is -2.23. The zero-order valence-corrected chi connectivity index (χ0v) is 8.32. The summed E-state index contributed by atoms with van der Waals surface area (Å²) in [5.74, 6) is 0.548. The van der Waals surface area contributed by atoms with Crippen molar-refractivity contribution in [2.24, 2.45) is 11.7 Å². The minimum Gasteiger partial charge on any atom is -0.383 e. The van der Waals surface area contributed by atoms with Crippen molar-refractivity contribution in [1.82, 2.24) is 4.90 Å². The van der Waals surface area contributed by atoms with Gasteiger partial charge in [-0.1, -0.05) is 0 Å². The van der Waals surface area contributed by atoms with Crippen LogP contribution in [0.25, 0.3) is 0 Å². The molecule has 1 amide bonds. The molecule has 4 heteroatoms. The highest BCUT2D eigenvalue weighted by Gasteiger charge is 2.31. The summed E-state index contributed by atoms with van der Waals surface area (Å²) >= 11 is 0. The highest BCUT2D eigenvalue weighted by molar-refractivity contribution is 5.79. The van der Waals surface area contributed by atoms with E-state index in [0.29, 0.717) is 25.5 Å². The molecule has 0 bridgehead atoms. The van der Waals surface area contributed by atoms with Gasteiger partial charge in [-0.25, -0.2) is 0 Å². The second-order valence-electron chi connectivity index (χ2n) is 3.66. The predicted molar refractivity (Wildman–Crippen MR) is 50.2 cm³/mol. The van der Waals surface area contributed by atoms with Crippen molar-refractivity contribution in [2.45, 2.75) is 19.4 Å². The predicted octanol–water partition coefficient (Wildman–Crippen LogP) is -0.171. The van der Waals surface area contributed by atoms with Crippen LogP contribution >= 0.6 is 0 Å². The molecule has 2 N–H and O–H groups in total. The molecule has 0 aromatic heterocycles. The van der Waals surface area contributed by atoms with Gasteiger partial charge < -0.3 is 15.4 Å². The number of carbonyl (C=O) groups is 1. The molecule has 1 aliphatic rings. The molecule has 76 valence electrons. The van der Waals surface area contributed by atoms with Crippen molar-refractivity contribution >= 4 is 5.91 Å². The van der Waals surface area contributed by atoms with E-state index in [1.54, 1.807) is 7.11 Å². The maximum atomic E-state index is 11.5. The molecule has 2 atom stereocenters. The Labute approximate surface area is 79.0 Å². The van der Waals surface area contributed by atoms with E-state index in [1.807, 2.05) is 11.8 Å². The van der Waals surface area contributed by atoms with Gasteiger partial charge >= 0.3 is 0 Å². The Morgan fingerprint density at radius 1 is 1.77 bits per heavy atom. The van der Waals surface area contributed by atoms with Gasteiger partial charge in [-0.3, -0.25) is 4.79 Å². The van der Waals surface area contributed by atoms with Gasteiger partial charge in [0.1, 0.15) is 0 Å². The average molecular weight is 186 g/mol. The van der Waals surface area contributed by atoms with Gasteiger partial charge in [-0.05, 0) is 19.4 Å². The van der Waals surface area contributed by atoms with Crippen LogP contribution in [0.3, 0.4) is 0 Å². The first kappa shape index (κ1) is 10.5. The fourth-order valence-electron chi connectivity index (χ4n) is 1.72. The number of nitrogens with zero attached hydrogens (tertiary/aromatic N) is 1. The van der Waals surface area contributed by atoms with Crippen LogP contribution in [0.4, 0.5) is 0 Å². The molecule has 2 unspecified atom stereocenters. The SMILES string of the molecule is COCC(C)N1CC(CN)CC1=O. The summed E-state index contributed by atoms with van der Waals surface area (Å²) in [5.41, 5.74) is 5.52. The molecule has 1 aliphatic heterocycles. The third kappa shape index (κ3) is 2.42. The molecule has 0 aromatic rings. The fraction of sp³-hybridized carbons (Fsp3) is 0.889. The molecule has 0 aliphatic carbocycles. The molecule has 13 heavy (non-hydrogen) atoms. The number of hydrogen-bond donors (Lipinski definition) is 1. The molecule has 0 radical (unpaired) electrons. The van der Waals surface area contributed by atoms with E-state index in [4.69, 9.17) is 10.5 Å². The van der Waals surface area contributed by atoms with Gasteiger partial charge in [-0.15, -0.1) is 0 Å². The number of amides is 1. The van der Waals surface area contributed by atoms with Gasteiger partial charge in [0.05, 0.1) is 12.6 Å². The van der Waals surface area contributed by atoms with Crippen LogP contribution in [-0.2, 0) is 9.53 Å². The van der Waals surface area contributed by atoms with Crippen LogP contribution in [0.5, 0.6) is 0 Å². The van der Waals surface area contributed by atoms with E-state index in [0.717, 1.165) is 6.54 Å². The maximum Gasteiger partial charge on any atom is 0.223 e. The van der Waals surface area contributed by atoms with Crippen LogP contribution in [0, 0.1) is 5.92 Å². The minimum atomic E-state index is 0.175. The minimum absolute atomic E-state index is 0.175. The second kappa shape index (κ2) is 4.58. The number of hydrogen-bond acceptors (Lipinski definition) is 3. The Kier molecular flexibility index (Phi) is 3.69. The largest absolute Gasteiger partial charge is 0.383 e. The van der Waals surface area contributed by atoms with Crippen molar-refractivity contribution in [2.75, 3.05) is 26.8 Å². The molecule has 1 heterocycles. The van der Waals surface area contributed by atoms with Gasteiger partial charge in [0, 0.05) is 20.1 Å². The topological polar surface area (TPSA) is 55.6 Å². The summed E-state index contributed by atoms with van der Waals surface area (Å²) in [5, 5.41) is 0. The van der Waals surface area contributed by atoms with Crippen LogP contribution in [0.15, 0.2) is 0 Å². The first-order valence-electron chi connectivity index (χ1n) is 4.67. The molecule has 4 nitrogen and oxygen atoms in total. The smallest absolute Gasteiger partial charge is 0.223 e. The van der Waals surface area contributed by atoms with E-state index >= 15 is 0 Å². The van der Waals surface area contributed by atoms with Gasteiger partial charge in [0.15, 0.2) is 0 Å². The molecular formula is C9H18N2O2. The first-order valence-corrected chi connectivity index (χ1v) is 4.67. The first-order chi connectivity index (χ1) is 6.19. The summed E-state index contributed by atoms with van der Waals surface area (Å²) in [4.78, 5) is 13.3. The van der Waals surface area contributed by atoms with E-state index in [9.17, 15) is 4.79 Å². The van der Waals surface area contributed by atoms with Crippen LogP contribution in [0.2, 0.25) is 0 Å². The van der Waals surface area contributed by atoms with E-state index in [2.05, 4.69) is 0 Å². The van der Waals surface area contributed by atoms with Crippen molar-refractivity contribution in [3.63, 3.8) is 0 Å². The Bertz CT molecular complexity index is 184. The van der Waals surface area contributed by atoms with Gasteiger partial charge in [-0.2, -0.15) is 0 Å². The number of methoxy groups -OCH3 is 1. The standard InChI is InChI=1S/C9H18N2O2/c1-7(6-13-2)11-5-8(4-10)3-9(11)12/h7-8H,3-6,10H2,1-2H3. The second-order valence-corrected chi connectivity index (χ2v) is 3.66. The van der Waals surface area contributed by atoms with E-state index < -0.39 is 0 Å². The molecule has 0 aromatic carbocycles. The summed E-state index contributed by atoms with van der Waals surface area (Å²) in [6.07, 6.45) is 0.602. The Balaban J connectivity index is 2.46. The lowest BCUT2D eigenvalue weighted by molar-refractivity contribution is -0.130. The lowest BCUT2D eigenvalue weighted by Crippen LogP contribution is -2.37. The van der Waals surface area contributed by atoms with Crippen molar-refractivity contribution < 1.29 is 9.53 Å². The Morgan fingerprint density at radius 3 is 2.92 bits per heavy atom. The molecule has 1 saturated heterocycles. The third-order valence-corrected chi connectivity index (χ3v) is 2.51. The van der Waals surface area contributed by atoms with E-state index in [-0.39, 0.29) is 11.9 Å². The van der Waals surface area contributed by atoms with Crippen molar-refractivity contribution in [1.29, 1.82) is 0 Å². The monoisotopic (exact) mass is 186 g/mol. The molecule has 0 spiro atoms. The summed E-state index contributed by atoms with van der Waals surface area (Å²) in [6, 6.07) is 0.175. The highest BCUT2D eigenvalue weighted by Crippen LogP contribution is 2.18. The number of rotatable bonds is 4. The summed E-state index contributed by atoms with van der Waals surface area (Å²) < 4.78 is 5.01. The lowest BCUT2D eigenvalue weighted by atomic mass is 10.1. The zero-order valence-electron chi connectivity index (χ0n) is 8.32. The molecular weight excluding hydrogens is 168 g/mol. The number of likely N-dealkylation sites (tertiary alicyclic amines) is 1. The highest BCUT2D eigenvalue weighted by atomic mass is 16.5. The van der Waals surface area contributed by atoms with Crippen LogP contribution in [0.1, 0.15) is 13.3 Å². The van der Waals surface area contributed by atoms with E-state index in [1.165, 1.54) is 0 Å². The third-order valence-electron chi connectivity index (χ3n) is 2.51. The van der Waals surface area contributed by atoms with Gasteiger partial charge in [0.2, 0.25) is 5.91 Å². The quantitative estimate of drug-likeness (QED) is 0.663. The Hall–Kier alpha value is -0.610. The molecule has 1 rings (SSSR count). The average Bonchev–Trinajstić information content (AvgIpc) is 2.47.